The fraction of sp³-hybridized carbons (Fsp3) is 0.273. The second-order valence-electron chi connectivity index (χ2n) is 7.27. The van der Waals surface area contributed by atoms with Gasteiger partial charge in [0, 0.05) is 12.1 Å². The van der Waals surface area contributed by atoms with Gasteiger partial charge in [-0.1, -0.05) is 29.4 Å². The Morgan fingerprint density at radius 2 is 1.90 bits per heavy atom. The Hall–Kier alpha value is -3.09. The zero-order valence-electron chi connectivity index (χ0n) is 17.0. The number of fused-ring (bicyclic) bond motifs is 2. The van der Waals surface area contributed by atoms with Gasteiger partial charge in [-0.15, -0.1) is 6.42 Å². The van der Waals surface area contributed by atoms with Crippen LogP contribution < -0.4 is 14.3 Å². The van der Waals surface area contributed by atoms with Gasteiger partial charge in [-0.2, -0.15) is 4.99 Å². The maximum absolute atomic E-state index is 12.6. The summed E-state index contributed by atoms with van der Waals surface area (Å²) in [6.45, 7) is 3.70. The third kappa shape index (κ3) is 4.09. The topological polar surface area (TPSA) is 87.0 Å². The van der Waals surface area contributed by atoms with Crippen molar-refractivity contribution in [2.24, 2.45) is 4.99 Å². The average molecular weight is 457 g/mol. The van der Waals surface area contributed by atoms with Crippen LogP contribution in [0.25, 0.3) is 10.2 Å². The normalized spacial score (nSPS) is 13.7. The summed E-state index contributed by atoms with van der Waals surface area (Å²) in [5, 5.41) is -0.508. The van der Waals surface area contributed by atoms with Gasteiger partial charge in [0.2, 0.25) is 6.79 Å². The molecule has 1 amide bonds. The summed E-state index contributed by atoms with van der Waals surface area (Å²) in [5.74, 6) is 3.52. The molecule has 31 heavy (non-hydrogen) atoms. The van der Waals surface area contributed by atoms with E-state index in [1.807, 2.05) is 12.1 Å². The van der Waals surface area contributed by atoms with E-state index in [1.54, 1.807) is 30.5 Å². The number of benzene rings is 2. The van der Waals surface area contributed by atoms with E-state index >= 15 is 0 Å². The lowest BCUT2D eigenvalue weighted by atomic mass is 10.1. The number of rotatable bonds is 5. The Bertz CT molecular complexity index is 1370. The van der Waals surface area contributed by atoms with Crippen molar-refractivity contribution in [1.82, 2.24) is 4.57 Å². The fourth-order valence-electron chi connectivity index (χ4n) is 3.18. The lowest BCUT2D eigenvalue weighted by molar-refractivity contribution is -0.117. The van der Waals surface area contributed by atoms with Crippen LogP contribution in [-0.2, 0) is 27.6 Å². The summed E-state index contributed by atoms with van der Waals surface area (Å²) in [7, 11) is -3.35. The Balaban J connectivity index is 1.63. The van der Waals surface area contributed by atoms with Gasteiger partial charge < -0.3 is 14.0 Å². The molecule has 1 aromatic heterocycles. The molecule has 0 unspecified atom stereocenters. The van der Waals surface area contributed by atoms with Crippen molar-refractivity contribution < 1.29 is 22.7 Å². The van der Waals surface area contributed by atoms with Crippen LogP contribution in [0.2, 0.25) is 0 Å². The van der Waals surface area contributed by atoms with Crippen LogP contribution in [0.5, 0.6) is 11.5 Å². The molecule has 7 nitrogen and oxygen atoms in total. The molecule has 0 fully saturated rings. The molecule has 9 heteroatoms. The van der Waals surface area contributed by atoms with Gasteiger partial charge in [0.15, 0.2) is 26.1 Å². The summed E-state index contributed by atoms with van der Waals surface area (Å²) in [6, 6.07) is 10.0. The molecular weight excluding hydrogens is 436 g/mol. The maximum Gasteiger partial charge on any atom is 0.252 e. The number of carbonyl (C=O) groups excluding carboxylic acids is 1. The first-order chi connectivity index (χ1) is 14.8. The molecular formula is C22H20N2O5S2. The molecule has 0 bridgehead atoms. The van der Waals surface area contributed by atoms with E-state index in [0.717, 1.165) is 10.2 Å². The average Bonchev–Trinajstić information content (AvgIpc) is 3.31. The smallest absolute Gasteiger partial charge is 0.252 e. The van der Waals surface area contributed by atoms with Crippen LogP contribution in [0.3, 0.4) is 0 Å². The molecule has 0 spiro atoms. The van der Waals surface area contributed by atoms with E-state index in [2.05, 4.69) is 10.9 Å². The summed E-state index contributed by atoms with van der Waals surface area (Å²) in [5.41, 5.74) is 1.50. The van der Waals surface area contributed by atoms with Crippen LogP contribution in [0.15, 0.2) is 46.3 Å². The van der Waals surface area contributed by atoms with Gasteiger partial charge in [0.05, 0.1) is 33.3 Å². The number of aromatic nitrogens is 1. The van der Waals surface area contributed by atoms with Crippen molar-refractivity contribution >= 4 is 37.3 Å². The third-order valence-electron chi connectivity index (χ3n) is 4.87. The molecule has 0 saturated heterocycles. The van der Waals surface area contributed by atoms with E-state index in [1.165, 1.54) is 23.5 Å². The van der Waals surface area contributed by atoms with Gasteiger partial charge in [-0.25, -0.2) is 8.42 Å². The fourth-order valence-corrected chi connectivity index (χ4v) is 5.30. The number of hydrogen-bond acceptors (Lipinski definition) is 6. The van der Waals surface area contributed by atoms with Crippen molar-refractivity contribution in [2.75, 3.05) is 6.79 Å². The Labute approximate surface area is 183 Å². The second-order valence-corrected chi connectivity index (χ2v) is 10.8. The maximum atomic E-state index is 12.6. The predicted molar refractivity (Wildman–Crippen MR) is 118 cm³/mol. The molecule has 4 rings (SSSR count). The SMILES string of the molecule is C#CCn1c(=NC(=O)Cc2ccc(S(=O)(=O)C(C)C)cc2)sc2cc3c(cc21)OCO3. The molecule has 0 atom stereocenters. The van der Waals surface area contributed by atoms with E-state index < -0.39 is 15.1 Å². The predicted octanol–water partition coefficient (Wildman–Crippen LogP) is 2.92. The van der Waals surface area contributed by atoms with Crippen molar-refractivity contribution in [2.45, 2.75) is 37.0 Å². The molecule has 2 aromatic carbocycles. The largest absolute Gasteiger partial charge is 0.454 e. The molecule has 160 valence electrons. The Kier molecular flexibility index (Phi) is 5.60. The Morgan fingerprint density at radius 1 is 1.23 bits per heavy atom. The first-order valence-electron chi connectivity index (χ1n) is 9.56. The first kappa shape index (κ1) is 21.2. The number of hydrogen-bond donors (Lipinski definition) is 0. The molecule has 0 radical (unpaired) electrons. The number of nitrogens with zero attached hydrogens (tertiary/aromatic N) is 2. The van der Waals surface area contributed by atoms with E-state index in [4.69, 9.17) is 15.9 Å². The highest BCUT2D eigenvalue weighted by molar-refractivity contribution is 7.92. The van der Waals surface area contributed by atoms with Gasteiger partial charge in [0.1, 0.15) is 0 Å². The molecule has 3 aromatic rings. The van der Waals surface area contributed by atoms with Crippen molar-refractivity contribution in [3.05, 3.63) is 46.8 Å². The molecule has 1 aliphatic heterocycles. The van der Waals surface area contributed by atoms with E-state index in [0.29, 0.717) is 21.9 Å². The van der Waals surface area contributed by atoms with Crippen LogP contribution in [0.1, 0.15) is 19.4 Å². The lowest BCUT2D eigenvalue weighted by Crippen LogP contribution is -2.17. The lowest BCUT2D eigenvalue weighted by Gasteiger charge is -2.08. The van der Waals surface area contributed by atoms with Crippen LogP contribution in [0.4, 0.5) is 0 Å². The summed E-state index contributed by atoms with van der Waals surface area (Å²) in [4.78, 5) is 17.6. The highest BCUT2D eigenvalue weighted by atomic mass is 32.2. The number of sulfone groups is 1. The van der Waals surface area contributed by atoms with Crippen molar-refractivity contribution in [3.8, 4) is 23.8 Å². The highest BCUT2D eigenvalue weighted by Crippen LogP contribution is 2.36. The zero-order chi connectivity index (χ0) is 22.2. The monoisotopic (exact) mass is 456 g/mol. The van der Waals surface area contributed by atoms with Crippen LogP contribution >= 0.6 is 11.3 Å². The number of terminal acetylenes is 1. The van der Waals surface area contributed by atoms with Crippen LogP contribution in [-0.4, -0.2) is 30.9 Å². The number of amides is 1. The minimum atomic E-state index is -3.35. The highest BCUT2D eigenvalue weighted by Gasteiger charge is 2.19. The van der Waals surface area contributed by atoms with Gasteiger partial charge in [-0.3, -0.25) is 4.79 Å². The number of carbonyl (C=O) groups is 1. The van der Waals surface area contributed by atoms with E-state index in [9.17, 15) is 13.2 Å². The molecule has 2 heterocycles. The standard InChI is InChI=1S/C22H20N2O5S2/c1-4-9-24-17-11-18-19(29-13-28-18)12-20(17)30-22(24)23-21(25)10-15-5-7-16(8-6-15)31(26,27)14(2)3/h1,5-8,11-12,14H,9-10,13H2,2-3H3. The van der Waals surface area contributed by atoms with Crippen LogP contribution in [0, 0.1) is 12.3 Å². The quantitative estimate of drug-likeness (QED) is 0.551. The molecule has 0 aliphatic carbocycles. The summed E-state index contributed by atoms with van der Waals surface area (Å²) >= 11 is 1.34. The third-order valence-corrected chi connectivity index (χ3v) is 8.09. The summed E-state index contributed by atoms with van der Waals surface area (Å²) < 4.78 is 38.0. The molecule has 0 N–H and O–H groups in total. The van der Waals surface area contributed by atoms with Gasteiger partial charge in [-0.05, 0) is 31.5 Å². The number of ether oxygens (including phenoxy) is 2. The van der Waals surface area contributed by atoms with Gasteiger partial charge in [0.25, 0.3) is 5.91 Å². The van der Waals surface area contributed by atoms with E-state index in [-0.39, 0.29) is 30.6 Å². The minimum Gasteiger partial charge on any atom is -0.454 e. The minimum absolute atomic E-state index is 0.0506. The van der Waals surface area contributed by atoms with Gasteiger partial charge >= 0.3 is 0 Å². The Morgan fingerprint density at radius 3 is 2.55 bits per heavy atom. The number of thiazole rings is 1. The molecule has 1 aliphatic rings. The summed E-state index contributed by atoms with van der Waals surface area (Å²) in [6.07, 6.45) is 5.57. The van der Waals surface area contributed by atoms with Crippen molar-refractivity contribution in [1.29, 1.82) is 0 Å². The first-order valence-corrected chi connectivity index (χ1v) is 11.9. The van der Waals surface area contributed by atoms with Crippen molar-refractivity contribution in [3.63, 3.8) is 0 Å². The second kappa shape index (κ2) is 8.21. The molecule has 0 saturated carbocycles. The zero-order valence-corrected chi connectivity index (χ0v) is 18.6.